The molecule has 0 spiro atoms. The molecule has 0 aliphatic rings. The van der Waals surface area contributed by atoms with Gasteiger partial charge in [0.05, 0.1) is 16.8 Å². The first-order chi connectivity index (χ1) is 11.1. The molecule has 0 aliphatic heterocycles. The molecule has 1 aromatic heterocycles. The molecule has 5 heteroatoms. The van der Waals surface area contributed by atoms with Crippen molar-refractivity contribution in [3.05, 3.63) is 54.1 Å². The Morgan fingerprint density at radius 1 is 1.17 bits per heavy atom. The fourth-order valence-corrected chi connectivity index (χ4v) is 3.38. The van der Waals surface area contributed by atoms with E-state index in [1.807, 2.05) is 24.3 Å². The number of rotatable bonds is 4. The molecule has 0 N–H and O–H groups in total. The summed E-state index contributed by atoms with van der Waals surface area (Å²) in [6.07, 6.45) is 0. The van der Waals surface area contributed by atoms with Crippen LogP contribution in [0.5, 0.6) is 0 Å². The molecular formula is C18H19N3OS. The zero-order chi connectivity index (χ0) is 16.4. The lowest BCUT2D eigenvalue weighted by molar-refractivity contribution is -0.125. The van der Waals surface area contributed by atoms with Gasteiger partial charge in [-0.2, -0.15) is 0 Å². The van der Waals surface area contributed by atoms with E-state index >= 15 is 0 Å². The second kappa shape index (κ2) is 6.46. The van der Waals surface area contributed by atoms with Crippen LogP contribution in [0.3, 0.4) is 0 Å². The molecule has 1 heterocycles. The first-order valence-corrected chi connectivity index (χ1v) is 8.42. The minimum atomic E-state index is 0.0813. The number of hydrogen-bond donors (Lipinski definition) is 0. The van der Waals surface area contributed by atoms with E-state index in [4.69, 9.17) is 4.98 Å². The normalized spacial score (nSPS) is 10.9. The molecule has 0 bridgehead atoms. The lowest BCUT2D eigenvalue weighted by atomic mass is 10.2. The number of aromatic nitrogens is 2. The predicted octanol–water partition coefficient (Wildman–Crippen LogP) is 3.51. The molecule has 3 rings (SSSR count). The average molecular weight is 325 g/mol. The van der Waals surface area contributed by atoms with E-state index in [0.717, 1.165) is 21.9 Å². The maximum atomic E-state index is 11.9. The van der Waals surface area contributed by atoms with Crippen LogP contribution in [-0.4, -0.2) is 40.2 Å². The van der Waals surface area contributed by atoms with E-state index in [1.165, 1.54) is 17.3 Å². The molecule has 0 saturated heterocycles. The SMILES string of the molecule is Cc1cccc(-n2c(SCC(=O)N(C)C)nc3ccccc32)c1. The quantitative estimate of drug-likeness (QED) is 0.689. The highest BCUT2D eigenvalue weighted by atomic mass is 32.2. The Morgan fingerprint density at radius 2 is 1.96 bits per heavy atom. The lowest BCUT2D eigenvalue weighted by Gasteiger charge is -2.11. The van der Waals surface area contributed by atoms with Crippen LogP contribution in [0.2, 0.25) is 0 Å². The second-order valence-corrected chi connectivity index (χ2v) is 6.58. The van der Waals surface area contributed by atoms with E-state index in [-0.39, 0.29) is 5.91 Å². The Hall–Kier alpha value is -2.27. The molecule has 1 amide bonds. The minimum absolute atomic E-state index is 0.0813. The molecule has 0 saturated carbocycles. The molecule has 4 nitrogen and oxygen atoms in total. The molecule has 3 aromatic rings. The molecule has 0 unspecified atom stereocenters. The van der Waals surface area contributed by atoms with Crippen molar-refractivity contribution < 1.29 is 4.79 Å². The maximum absolute atomic E-state index is 11.9. The van der Waals surface area contributed by atoms with Crippen molar-refractivity contribution in [3.63, 3.8) is 0 Å². The summed E-state index contributed by atoms with van der Waals surface area (Å²) in [7, 11) is 3.54. The third-order valence-electron chi connectivity index (χ3n) is 3.61. The van der Waals surface area contributed by atoms with Crippen molar-refractivity contribution in [1.29, 1.82) is 0 Å². The van der Waals surface area contributed by atoms with Crippen LogP contribution < -0.4 is 0 Å². The second-order valence-electron chi connectivity index (χ2n) is 5.63. The number of carbonyl (C=O) groups excluding carboxylic acids is 1. The lowest BCUT2D eigenvalue weighted by Crippen LogP contribution is -2.23. The van der Waals surface area contributed by atoms with E-state index in [9.17, 15) is 4.79 Å². The zero-order valence-corrected chi connectivity index (χ0v) is 14.3. The van der Waals surface area contributed by atoms with E-state index in [0.29, 0.717) is 5.75 Å². The smallest absolute Gasteiger partial charge is 0.232 e. The summed E-state index contributed by atoms with van der Waals surface area (Å²) < 4.78 is 2.12. The number of nitrogens with zero attached hydrogens (tertiary/aromatic N) is 3. The number of aryl methyl sites for hydroxylation is 1. The standard InChI is InChI=1S/C18H19N3OS/c1-13-7-6-8-14(11-13)21-16-10-5-4-9-15(16)19-18(21)23-12-17(22)20(2)3/h4-11H,12H2,1-3H3. The van der Waals surface area contributed by atoms with Crippen molar-refractivity contribution in [2.24, 2.45) is 0 Å². The molecule has 0 fully saturated rings. The van der Waals surface area contributed by atoms with Crippen LogP contribution in [0.25, 0.3) is 16.7 Å². The van der Waals surface area contributed by atoms with Gasteiger partial charge in [0.15, 0.2) is 5.16 Å². The Bertz CT molecular complexity index is 854. The van der Waals surface area contributed by atoms with Crippen LogP contribution in [0, 0.1) is 6.92 Å². The first-order valence-electron chi connectivity index (χ1n) is 7.44. The highest BCUT2D eigenvalue weighted by Gasteiger charge is 2.15. The number of hydrogen-bond acceptors (Lipinski definition) is 3. The van der Waals surface area contributed by atoms with Crippen LogP contribution in [0.1, 0.15) is 5.56 Å². The summed E-state index contributed by atoms with van der Waals surface area (Å²) >= 11 is 1.47. The molecule has 23 heavy (non-hydrogen) atoms. The molecule has 0 aliphatic carbocycles. The van der Waals surface area contributed by atoms with Gasteiger partial charge in [0.2, 0.25) is 5.91 Å². The van der Waals surface area contributed by atoms with Gasteiger partial charge in [0.1, 0.15) is 0 Å². The van der Waals surface area contributed by atoms with Gasteiger partial charge < -0.3 is 4.90 Å². The van der Waals surface area contributed by atoms with E-state index < -0.39 is 0 Å². The summed E-state index contributed by atoms with van der Waals surface area (Å²) in [4.78, 5) is 18.2. The average Bonchev–Trinajstić information content (AvgIpc) is 2.90. The number of thioether (sulfide) groups is 1. The first kappa shape index (κ1) is 15.6. The number of benzene rings is 2. The van der Waals surface area contributed by atoms with Gasteiger partial charge in [-0.3, -0.25) is 9.36 Å². The largest absolute Gasteiger partial charge is 0.348 e. The fraction of sp³-hybridized carbons (Fsp3) is 0.222. The van der Waals surface area contributed by atoms with Gasteiger partial charge in [-0.1, -0.05) is 36.0 Å². The van der Waals surface area contributed by atoms with E-state index in [2.05, 4.69) is 35.8 Å². The number of para-hydroxylation sites is 2. The Balaban J connectivity index is 2.06. The summed E-state index contributed by atoms with van der Waals surface area (Å²) in [6.45, 7) is 2.07. The summed E-state index contributed by atoms with van der Waals surface area (Å²) in [5, 5.41) is 0.840. The molecule has 2 aromatic carbocycles. The molecule has 0 atom stereocenters. The summed E-state index contributed by atoms with van der Waals surface area (Å²) in [5.41, 5.74) is 4.26. The van der Waals surface area contributed by atoms with Crippen molar-refractivity contribution in [2.45, 2.75) is 12.1 Å². The van der Waals surface area contributed by atoms with Crippen LogP contribution >= 0.6 is 11.8 Å². The Morgan fingerprint density at radius 3 is 2.70 bits per heavy atom. The predicted molar refractivity (Wildman–Crippen MR) is 95.2 cm³/mol. The molecule has 0 radical (unpaired) electrons. The maximum Gasteiger partial charge on any atom is 0.232 e. The highest BCUT2D eigenvalue weighted by molar-refractivity contribution is 7.99. The molecular weight excluding hydrogens is 306 g/mol. The van der Waals surface area contributed by atoms with Gasteiger partial charge in [-0.15, -0.1) is 0 Å². The molecule has 118 valence electrons. The number of amides is 1. The van der Waals surface area contributed by atoms with Crippen molar-refractivity contribution >= 4 is 28.7 Å². The summed E-state index contributed by atoms with van der Waals surface area (Å²) in [5.74, 6) is 0.458. The highest BCUT2D eigenvalue weighted by Crippen LogP contribution is 2.28. The van der Waals surface area contributed by atoms with Crippen molar-refractivity contribution in [3.8, 4) is 5.69 Å². The van der Waals surface area contributed by atoms with Gasteiger partial charge in [-0.05, 0) is 36.8 Å². The number of imidazole rings is 1. The van der Waals surface area contributed by atoms with Crippen LogP contribution in [0.4, 0.5) is 0 Å². The minimum Gasteiger partial charge on any atom is -0.348 e. The Labute approximate surface area is 140 Å². The zero-order valence-electron chi connectivity index (χ0n) is 13.5. The number of carbonyl (C=O) groups is 1. The monoisotopic (exact) mass is 325 g/mol. The van der Waals surface area contributed by atoms with Crippen molar-refractivity contribution in [2.75, 3.05) is 19.8 Å². The number of fused-ring (bicyclic) bond motifs is 1. The van der Waals surface area contributed by atoms with Gasteiger partial charge in [0.25, 0.3) is 0 Å². The van der Waals surface area contributed by atoms with Gasteiger partial charge in [-0.25, -0.2) is 4.98 Å². The fourth-order valence-electron chi connectivity index (χ4n) is 2.37. The van der Waals surface area contributed by atoms with Gasteiger partial charge in [0, 0.05) is 19.8 Å². The van der Waals surface area contributed by atoms with Crippen LogP contribution in [-0.2, 0) is 4.79 Å². The summed E-state index contributed by atoms with van der Waals surface area (Å²) in [6, 6.07) is 16.4. The Kier molecular flexibility index (Phi) is 4.39. The third-order valence-corrected chi connectivity index (χ3v) is 4.54. The third kappa shape index (κ3) is 3.24. The van der Waals surface area contributed by atoms with Crippen LogP contribution in [0.15, 0.2) is 53.7 Å². The van der Waals surface area contributed by atoms with E-state index in [1.54, 1.807) is 19.0 Å². The van der Waals surface area contributed by atoms with Gasteiger partial charge >= 0.3 is 0 Å². The van der Waals surface area contributed by atoms with Crippen molar-refractivity contribution in [1.82, 2.24) is 14.5 Å². The topological polar surface area (TPSA) is 38.1 Å².